The lowest BCUT2D eigenvalue weighted by Gasteiger charge is -2.14. The zero-order valence-corrected chi connectivity index (χ0v) is 19.1. The van der Waals surface area contributed by atoms with Crippen LogP contribution in [-0.4, -0.2) is 16.5 Å². The monoisotopic (exact) mass is 424 g/mol. The fourth-order valence-corrected chi connectivity index (χ4v) is 4.24. The summed E-state index contributed by atoms with van der Waals surface area (Å²) in [6, 6.07) is 27.8. The van der Waals surface area contributed by atoms with Gasteiger partial charge in [0.2, 0.25) is 5.91 Å². The molecule has 1 heterocycles. The van der Waals surface area contributed by atoms with Crippen LogP contribution in [0.1, 0.15) is 42.0 Å². The first kappa shape index (κ1) is 21.9. The van der Waals surface area contributed by atoms with Crippen LogP contribution in [0.2, 0.25) is 0 Å². The average molecular weight is 425 g/mol. The highest BCUT2D eigenvalue weighted by Crippen LogP contribution is 2.24. The van der Waals surface area contributed by atoms with Crippen molar-refractivity contribution in [2.45, 2.75) is 52.1 Å². The molecule has 1 N–H and O–H groups in total. The Hall–Kier alpha value is -3.33. The number of carbonyl (C=O) groups excluding carboxylic acids is 1. The molecule has 1 amide bonds. The molecule has 0 aliphatic rings. The van der Waals surface area contributed by atoms with E-state index in [1.807, 2.05) is 6.07 Å². The van der Waals surface area contributed by atoms with Gasteiger partial charge in [-0.05, 0) is 55.9 Å². The van der Waals surface area contributed by atoms with Crippen molar-refractivity contribution >= 4 is 16.8 Å². The number of carbonyl (C=O) groups is 1. The third-order valence-electron chi connectivity index (χ3n) is 6.08. The fraction of sp³-hybridized carbons (Fsp3) is 0.276. The predicted molar refractivity (Wildman–Crippen MR) is 133 cm³/mol. The molecule has 4 aromatic rings. The standard InChI is InChI=1S/C29H32N2O/c1-22-12-15-25(16-13-22)20-31-21-26(27-10-6-7-11-28(27)31)18-19-29(32)30-23(2)14-17-24-8-4-3-5-9-24/h3-13,15-16,21,23H,14,17-20H2,1-2H3,(H,30,32)/t23-/m1/s1. The highest BCUT2D eigenvalue weighted by atomic mass is 16.1. The number of aromatic nitrogens is 1. The van der Waals surface area contributed by atoms with Gasteiger partial charge in [-0.15, -0.1) is 0 Å². The van der Waals surface area contributed by atoms with Gasteiger partial charge in [0, 0.05) is 36.1 Å². The Morgan fingerprint density at radius 2 is 1.59 bits per heavy atom. The molecule has 0 saturated heterocycles. The summed E-state index contributed by atoms with van der Waals surface area (Å²) in [5, 5.41) is 4.41. The normalized spacial score (nSPS) is 12.1. The molecule has 0 aliphatic heterocycles. The van der Waals surface area contributed by atoms with Crippen molar-refractivity contribution in [3.63, 3.8) is 0 Å². The van der Waals surface area contributed by atoms with E-state index < -0.39 is 0 Å². The van der Waals surface area contributed by atoms with Crippen LogP contribution in [0.5, 0.6) is 0 Å². The first-order chi connectivity index (χ1) is 15.6. The number of hydrogen-bond acceptors (Lipinski definition) is 1. The lowest BCUT2D eigenvalue weighted by Crippen LogP contribution is -2.33. The first-order valence-electron chi connectivity index (χ1n) is 11.5. The van der Waals surface area contributed by atoms with Gasteiger partial charge in [-0.3, -0.25) is 4.79 Å². The van der Waals surface area contributed by atoms with E-state index >= 15 is 0 Å². The quantitative estimate of drug-likeness (QED) is 0.348. The summed E-state index contributed by atoms with van der Waals surface area (Å²) in [4.78, 5) is 12.6. The number of hydrogen-bond donors (Lipinski definition) is 1. The second-order valence-electron chi connectivity index (χ2n) is 8.78. The van der Waals surface area contributed by atoms with Gasteiger partial charge < -0.3 is 9.88 Å². The molecule has 4 rings (SSSR count). The van der Waals surface area contributed by atoms with E-state index in [0.29, 0.717) is 6.42 Å². The van der Waals surface area contributed by atoms with Gasteiger partial charge in [-0.25, -0.2) is 0 Å². The zero-order chi connectivity index (χ0) is 22.3. The number of amides is 1. The molecule has 0 saturated carbocycles. The Balaban J connectivity index is 1.36. The molecule has 3 heteroatoms. The van der Waals surface area contributed by atoms with Gasteiger partial charge in [-0.1, -0.05) is 78.4 Å². The van der Waals surface area contributed by atoms with Crippen molar-refractivity contribution in [3.8, 4) is 0 Å². The van der Waals surface area contributed by atoms with Crippen LogP contribution in [0.25, 0.3) is 10.9 Å². The maximum atomic E-state index is 12.6. The Labute approximate surface area is 191 Å². The van der Waals surface area contributed by atoms with Crippen LogP contribution in [0.3, 0.4) is 0 Å². The average Bonchev–Trinajstić information content (AvgIpc) is 3.16. The number of nitrogens with one attached hydrogen (secondary N) is 1. The van der Waals surface area contributed by atoms with E-state index in [1.54, 1.807) is 0 Å². The van der Waals surface area contributed by atoms with Crippen LogP contribution in [-0.2, 0) is 24.2 Å². The third kappa shape index (κ3) is 5.67. The number of benzene rings is 3. The molecule has 0 radical (unpaired) electrons. The minimum Gasteiger partial charge on any atom is -0.354 e. The van der Waals surface area contributed by atoms with Crippen LogP contribution in [0.15, 0.2) is 85.1 Å². The molecule has 0 bridgehead atoms. The number of nitrogens with zero attached hydrogens (tertiary/aromatic N) is 1. The summed E-state index contributed by atoms with van der Waals surface area (Å²) >= 11 is 0. The molecule has 0 aliphatic carbocycles. The van der Waals surface area contributed by atoms with Crippen molar-refractivity contribution in [2.75, 3.05) is 0 Å². The number of fused-ring (bicyclic) bond motifs is 1. The van der Waals surface area contributed by atoms with Crippen molar-refractivity contribution in [3.05, 3.63) is 107 Å². The van der Waals surface area contributed by atoms with Crippen LogP contribution in [0.4, 0.5) is 0 Å². The third-order valence-corrected chi connectivity index (χ3v) is 6.08. The minimum atomic E-state index is 0.126. The summed E-state index contributed by atoms with van der Waals surface area (Å²) in [7, 11) is 0. The van der Waals surface area contributed by atoms with Crippen molar-refractivity contribution < 1.29 is 4.79 Å². The van der Waals surface area contributed by atoms with E-state index in [2.05, 4.69) is 103 Å². The van der Waals surface area contributed by atoms with Crippen LogP contribution in [0, 0.1) is 6.92 Å². The highest BCUT2D eigenvalue weighted by molar-refractivity contribution is 5.85. The highest BCUT2D eigenvalue weighted by Gasteiger charge is 2.12. The summed E-state index contributed by atoms with van der Waals surface area (Å²) in [6.45, 7) is 5.04. The Morgan fingerprint density at radius 1 is 0.875 bits per heavy atom. The maximum Gasteiger partial charge on any atom is 0.220 e. The van der Waals surface area contributed by atoms with Gasteiger partial charge in [0.1, 0.15) is 0 Å². The van der Waals surface area contributed by atoms with E-state index in [1.165, 1.54) is 33.2 Å². The zero-order valence-electron chi connectivity index (χ0n) is 19.1. The lowest BCUT2D eigenvalue weighted by atomic mass is 10.1. The molecule has 164 valence electrons. The Bertz CT molecular complexity index is 1160. The fourth-order valence-electron chi connectivity index (χ4n) is 4.24. The van der Waals surface area contributed by atoms with Crippen molar-refractivity contribution in [2.24, 2.45) is 0 Å². The smallest absolute Gasteiger partial charge is 0.220 e. The molecule has 1 aromatic heterocycles. The molecule has 0 fully saturated rings. The van der Waals surface area contributed by atoms with E-state index in [4.69, 9.17) is 0 Å². The number of para-hydroxylation sites is 1. The number of aryl methyl sites for hydroxylation is 3. The van der Waals surface area contributed by atoms with Gasteiger partial charge in [0.05, 0.1) is 0 Å². The topological polar surface area (TPSA) is 34.0 Å². The predicted octanol–water partition coefficient (Wildman–Crippen LogP) is 6.07. The Morgan fingerprint density at radius 3 is 2.38 bits per heavy atom. The molecule has 3 aromatic carbocycles. The van der Waals surface area contributed by atoms with E-state index in [-0.39, 0.29) is 11.9 Å². The van der Waals surface area contributed by atoms with Gasteiger partial charge in [0.25, 0.3) is 0 Å². The van der Waals surface area contributed by atoms with Gasteiger partial charge in [-0.2, -0.15) is 0 Å². The summed E-state index contributed by atoms with van der Waals surface area (Å²) in [6.07, 6.45) is 5.41. The molecular weight excluding hydrogens is 392 g/mol. The van der Waals surface area contributed by atoms with Crippen molar-refractivity contribution in [1.82, 2.24) is 9.88 Å². The van der Waals surface area contributed by atoms with E-state index in [0.717, 1.165) is 25.8 Å². The maximum absolute atomic E-state index is 12.6. The Kier molecular flexibility index (Phi) is 7.06. The van der Waals surface area contributed by atoms with Gasteiger partial charge >= 0.3 is 0 Å². The second kappa shape index (κ2) is 10.3. The summed E-state index contributed by atoms with van der Waals surface area (Å²) in [5.41, 5.74) is 6.33. The van der Waals surface area contributed by atoms with Gasteiger partial charge in [0.15, 0.2) is 0 Å². The molecule has 32 heavy (non-hydrogen) atoms. The van der Waals surface area contributed by atoms with E-state index in [9.17, 15) is 4.79 Å². The minimum absolute atomic E-state index is 0.126. The molecule has 1 atom stereocenters. The van der Waals surface area contributed by atoms with Crippen LogP contribution < -0.4 is 5.32 Å². The molecule has 3 nitrogen and oxygen atoms in total. The molecule has 0 spiro atoms. The van der Waals surface area contributed by atoms with Crippen molar-refractivity contribution in [1.29, 1.82) is 0 Å². The van der Waals surface area contributed by atoms with Crippen LogP contribution >= 0.6 is 0 Å². The SMILES string of the molecule is Cc1ccc(Cn2cc(CCC(=O)N[C@H](C)CCc3ccccc3)c3ccccc32)cc1. The first-order valence-corrected chi connectivity index (χ1v) is 11.5. The number of rotatable bonds is 9. The summed E-state index contributed by atoms with van der Waals surface area (Å²) in [5.74, 6) is 0.126. The molecular formula is C29H32N2O. The second-order valence-corrected chi connectivity index (χ2v) is 8.78. The molecule has 0 unspecified atom stereocenters. The largest absolute Gasteiger partial charge is 0.354 e. The lowest BCUT2D eigenvalue weighted by molar-refractivity contribution is -0.121. The summed E-state index contributed by atoms with van der Waals surface area (Å²) < 4.78 is 2.30.